The second kappa shape index (κ2) is 4.76. The molecule has 0 aromatic carbocycles. The zero-order valence-electron chi connectivity index (χ0n) is 9.21. The maximum Gasteiger partial charge on any atom is 0.0733 e. The zero-order valence-corrected chi connectivity index (χ0v) is 10.0. The summed E-state index contributed by atoms with van der Waals surface area (Å²) in [6, 6.07) is 0. The van der Waals surface area contributed by atoms with Gasteiger partial charge in [0.2, 0.25) is 0 Å². The highest BCUT2D eigenvalue weighted by molar-refractivity contribution is 7.80. The normalized spacial score (nSPS) is 25.9. The van der Waals surface area contributed by atoms with Gasteiger partial charge in [0.15, 0.2) is 0 Å². The molecule has 15 heavy (non-hydrogen) atoms. The van der Waals surface area contributed by atoms with Gasteiger partial charge >= 0.3 is 0 Å². The lowest BCUT2D eigenvalue weighted by atomic mass is 10.0. The third kappa shape index (κ3) is 3.40. The standard InChI is InChI=1S/C11H20N2OS/c12-10(15)8-11(2-3-11)9-13-4-1-6-14-7-5-13/h1-9H2,(H2,12,15). The second-order valence-corrected chi connectivity index (χ2v) is 5.41. The van der Waals surface area contributed by atoms with Gasteiger partial charge in [-0.25, -0.2) is 0 Å². The Morgan fingerprint density at radius 2 is 2.13 bits per heavy atom. The molecule has 0 atom stereocenters. The third-order valence-corrected chi connectivity index (χ3v) is 3.52. The maximum atomic E-state index is 5.64. The number of nitrogens with zero attached hydrogens (tertiary/aromatic N) is 1. The second-order valence-electron chi connectivity index (χ2n) is 4.89. The van der Waals surface area contributed by atoms with Crippen LogP contribution in [-0.4, -0.2) is 42.7 Å². The van der Waals surface area contributed by atoms with Crippen molar-refractivity contribution in [3.63, 3.8) is 0 Å². The SMILES string of the molecule is NC(=S)CC1(CN2CCCOCC2)CC1. The van der Waals surface area contributed by atoms with Crippen molar-refractivity contribution in [3.8, 4) is 0 Å². The van der Waals surface area contributed by atoms with Gasteiger partial charge in [-0.2, -0.15) is 0 Å². The summed E-state index contributed by atoms with van der Waals surface area (Å²) in [4.78, 5) is 3.19. The largest absolute Gasteiger partial charge is 0.393 e. The van der Waals surface area contributed by atoms with E-state index >= 15 is 0 Å². The Balaban J connectivity index is 1.81. The van der Waals surface area contributed by atoms with Crippen molar-refractivity contribution >= 4 is 17.2 Å². The summed E-state index contributed by atoms with van der Waals surface area (Å²) < 4.78 is 5.45. The van der Waals surface area contributed by atoms with Crippen LogP contribution >= 0.6 is 12.2 Å². The molecule has 2 aliphatic rings. The van der Waals surface area contributed by atoms with Crippen molar-refractivity contribution in [2.24, 2.45) is 11.1 Å². The van der Waals surface area contributed by atoms with Crippen molar-refractivity contribution in [1.29, 1.82) is 0 Å². The maximum absolute atomic E-state index is 5.64. The first-order chi connectivity index (χ1) is 7.20. The molecule has 0 bridgehead atoms. The smallest absolute Gasteiger partial charge is 0.0733 e. The Hall–Kier alpha value is -0.190. The molecular formula is C11H20N2OS. The highest BCUT2D eigenvalue weighted by Crippen LogP contribution is 2.49. The first-order valence-electron chi connectivity index (χ1n) is 5.79. The van der Waals surface area contributed by atoms with E-state index in [4.69, 9.17) is 22.7 Å². The van der Waals surface area contributed by atoms with Gasteiger partial charge in [0.05, 0.1) is 11.6 Å². The third-order valence-electron chi connectivity index (χ3n) is 3.38. The molecule has 1 saturated carbocycles. The summed E-state index contributed by atoms with van der Waals surface area (Å²) in [6.07, 6.45) is 4.67. The van der Waals surface area contributed by atoms with Crippen LogP contribution in [0.5, 0.6) is 0 Å². The Morgan fingerprint density at radius 1 is 1.33 bits per heavy atom. The van der Waals surface area contributed by atoms with Gasteiger partial charge in [0, 0.05) is 32.7 Å². The van der Waals surface area contributed by atoms with Crippen molar-refractivity contribution in [3.05, 3.63) is 0 Å². The van der Waals surface area contributed by atoms with Crippen LogP contribution in [0.1, 0.15) is 25.7 Å². The topological polar surface area (TPSA) is 38.5 Å². The fraction of sp³-hybridized carbons (Fsp3) is 0.909. The van der Waals surface area contributed by atoms with Crippen LogP contribution in [0.15, 0.2) is 0 Å². The van der Waals surface area contributed by atoms with E-state index in [1.807, 2.05) is 0 Å². The summed E-state index contributed by atoms with van der Waals surface area (Å²) in [5.74, 6) is 0. The Labute approximate surface area is 96.9 Å². The number of rotatable bonds is 4. The minimum atomic E-state index is 0.427. The summed E-state index contributed by atoms with van der Waals surface area (Å²) >= 11 is 5.01. The number of nitrogens with two attached hydrogens (primary N) is 1. The van der Waals surface area contributed by atoms with Gasteiger partial charge in [-0.1, -0.05) is 12.2 Å². The molecule has 0 aromatic heterocycles. The molecule has 4 heteroatoms. The Morgan fingerprint density at radius 3 is 2.80 bits per heavy atom. The van der Waals surface area contributed by atoms with Crippen LogP contribution in [0.3, 0.4) is 0 Å². The molecule has 1 aliphatic carbocycles. The molecule has 1 saturated heterocycles. The lowest BCUT2D eigenvalue weighted by molar-refractivity contribution is 0.137. The first kappa shape index (κ1) is 11.3. The summed E-state index contributed by atoms with van der Waals surface area (Å²) in [5, 5.41) is 0. The highest BCUT2D eigenvalue weighted by atomic mass is 32.1. The van der Waals surface area contributed by atoms with Crippen LogP contribution in [0.4, 0.5) is 0 Å². The van der Waals surface area contributed by atoms with E-state index in [1.165, 1.54) is 19.4 Å². The molecule has 1 heterocycles. The number of hydrogen-bond acceptors (Lipinski definition) is 3. The fourth-order valence-corrected chi connectivity index (χ4v) is 2.67. The molecule has 2 N–H and O–H groups in total. The monoisotopic (exact) mass is 228 g/mol. The van der Waals surface area contributed by atoms with Crippen molar-refractivity contribution in [2.45, 2.75) is 25.7 Å². The molecule has 2 fully saturated rings. The van der Waals surface area contributed by atoms with Crippen LogP contribution in [0.25, 0.3) is 0 Å². The number of thiocarbonyl (C=S) groups is 1. The molecule has 2 rings (SSSR count). The molecule has 0 aromatic rings. The summed E-state index contributed by atoms with van der Waals surface area (Å²) in [7, 11) is 0. The lowest BCUT2D eigenvalue weighted by Gasteiger charge is -2.25. The van der Waals surface area contributed by atoms with Crippen molar-refractivity contribution < 1.29 is 4.74 Å². The molecule has 86 valence electrons. The van der Waals surface area contributed by atoms with E-state index in [0.29, 0.717) is 10.4 Å². The molecule has 0 unspecified atom stereocenters. The lowest BCUT2D eigenvalue weighted by Crippen LogP contribution is -2.34. The van der Waals surface area contributed by atoms with Crippen LogP contribution in [0, 0.1) is 5.41 Å². The number of ether oxygens (including phenoxy) is 1. The molecule has 0 spiro atoms. The van der Waals surface area contributed by atoms with E-state index in [1.54, 1.807) is 0 Å². The average Bonchev–Trinajstić information content (AvgIpc) is 2.91. The van der Waals surface area contributed by atoms with Gasteiger partial charge in [-0.15, -0.1) is 0 Å². The van der Waals surface area contributed by atoms with E-state index in [9.17, 15) is 0 Å². The Kier molecular flexibility index (Phi) is 3.59. The Bertz CT molecular complexity index is 233. The summed E-state index contributed by atoms with van der Waals surface area (Å²) in [6.45, 7) is 5.19. The molecule has 0 amide bonds. The van der Waals surface area contributed by atoms with Crippen molar-refractivity contribution in [1.82, 2.24) is 4.90 Å². The van der Waals surface area contributed by atoms with Gasteiger partial charge in [-0.3, -0.25) is 0 Å². The van der Waals surface area contributed by atoms with Gasteiger partial charge < -0.3 is 15.4 Å². The van der Waals surface area contributed by atoms with Crippen molar-refractivity contribution in [2.75, 3.05) is 32.8 Å². The summed E-state index contributed by atoms with van der Waals surface area (Å²) in [5.41, 5.74) is 6.07. The molecule has 0 radical (unpaired) electrons. The van der Waals surface area contributed by atoms with E-state index in [0.717, 1.165) is 39.1 Å². The fourth-order valence-electron chi connectivity index (χ4n) is 2.37. The highest BCUT2D eigenvalue weighted by Gasteiger charge is 2.43. The van der Waals surface area contributed by atoms with Gasteiger partial charge in [0.1, 0.15) is 0 Å². The van der Waals surface area contributed by atoms with E-state index < -0.39 is 0 Å². The van der Waals surface area contributed by atoms with Crippen LogP contribution in [-0.2, 0) is 4.74 Å². The number of hydrogen-bond donors (Lipinski definition) is 1. The minimum absolute atomic E-state index is 0.427. The molecule has 3 nitrogen and oxygen atoms in total. The van der Waals surface area contributed by atoms with Crippen LogP contribution in [0.2, 0.25) is 0 Å². The molecule has 1 aliphatic heterocycles. The molecular weight excluding hydrogens is 208 g/mol. The van der Waals surface area contributed by atoms with Crippen LogP contribution < -0.4 is 5.73 Å². The van der Waals surface area contributed by atoms with Gasteiger partial charge in [0.25, 0.3) is 0 Å². The quantitative estimate of drug-likeness (QED) is 0.733. The zero-order chi connectivity index (χ0) is 10.7. The van der Waals surface area contributed by atoms with E-state index in [-0.39, 0.29) is 0 Å². The van der Waals surface area contributed by atoms with E-state index in [2.05, 4.69) is 4.90 Å². The predicted molar refractivity (Wildman–Crippen MR) is 64.9 cm³/mol. The average molecular weight is 228 g/mol. The minimum Gasteiger partial charge on any atom is -0.393 e. The van der Waals surface area contributed by atoms with Gasteiger partial charge in [-0.05, 0) is 24.7 Å². The first-order valence-corrected chi connectivity index (χ1v) is 6.19. The predicted octanol–water partition coefficient (Wildman–Crippen LogP) is 1.17.